The second-order valence-corrected chi connectivity index (χ2v) is 5.48. The first-order valence-corrected chi connectivity index (χ1v) is 6.92. The largest absolute Gasteiger partial charge is 0.308 e. The molecule has 2 aromatic rings. The van der Waals surface area contributed by atoms with Gasteiger partial charge in [0.1, 0.15) is 5.82 Å². The van der Waals surface area contributed by atoms with E-state index in [0.29, 0.717) is 11.0 Å². The van der Waals surface area contributed by atoms with Gasteiger partial charge in [0.15, 0.2) is 0 Å². The molecule has 1 aromatic carbocycles. The summed E-state index contributed by atoms with van der Waals surface area (Å²) in [7, 11) is 1.95. The van der Waals surface area contributed by atoms with Crippen molar-refractivity contribution in [1.29, 1.82) is 0 Å². The fourth-order valence-electron chi connectivity index (χ4n) is 2.05. The number of rotatable bonds is 4. The first kappa shape index (κ1) is 14.2. The van der Waals surface area contributed by atoms with E-state index in [1.807, 2.05) is 18.7 Å². The van der Waals surface area contributed by atoms with Gasteiger partial charge in [-0.1, -0.05) is 6.07 Å². The summed E-state index contributed by atoms with van der Waals surface area (Å²) in [5.41, 5.74) is 4.49. The molecule has 0 amide bonds. The molecule has 0 radical (unpaired) electrons. The summed E-state index contributed by atoms with van der Waals surface area (Å²) < 4.78 is 15.5. The Hall–Kier alpha value is -1.20. The lowest BCUT2D eigenvalue weighted by molar-refractivity contribution is 0.618. The van der Waals surface area contributed by atoms with Gasteiger partial charge in [0.2, 0.25) is 0 Å². The van der Waals surface area contributed by atoms with Crippen molar-refractivity contribution >= 4 is 15.9 Å². The quantitative estimate of drug-likeness (QED) is 0.935. The molecule has 1 aromatic heterocycles. The van der Waals surface area contributed by atoms with Crippen LogP contribution in [0.3, 0.4) is 0 Å². The van der Waals surface area contributed by atoms with E-state index < -0.39 is 0 Å². The van der Waals surface area contributed by atoms with Crippen molar-refractivity contribution in [3.63, 3.8) is 0 Å². The molecule has 0 bridgehead atoms. The molecule has 19 heavy (non-hydrogen) atoms. The SMILES string of the molecule is Cc1nn(C)c(C)c1CNCc1ccc(F)c(Br)c1. The summed E-state index contributed by atoms with van der Waals surface area (Å²) in [6.07, 6.45) is 0. The van der Waals surface area contributed by atoms with E-state index in [4.69, 9.17) is 0 Å². The zero-order valence-electron chi connectivity index (χ0n) is 11.3. The van der Waals surface area contributed by atoms with Crippen LogP contribution in [0.2, 0.25) is 0 Å². The molecular weight excluding hydrogens is 309 g/mol. The Labute approximate surface area is 121 Å². The fourth-order valence-corrected chi connectivity index (χ4v) is 2.48. The first-order valence-electron chi connectivity index (χ1n) is 6.12. The number of aryl methyl sites for hydroxylation is 2. The number of aromatic nitrogens is 2. The van der Waals surface area contributed by atoms with Gasteiger partial charge in [-0.05, 0) is 47.5 Å². The van der Waals surface area contributed by atoms with Crippen LogP contribution >= 0.6 is 15.9 Å². The lowest BCUT2D eigenvalue weighted by Crippen LogP contribution is -2.14. The van der Waals surface area contributed by atoms with Crippen molar-refractivity contribution in [2.45, 2.75) is 26.9 Å². The minimum Gasteiger partial charge on any atom is -0.308 e. The van der Waals surface area contributed by atoms with Crippen LogP contribution in [0, 0.1) is 19.7 Å². The molecule has 0 saturated heterocycles. The summed E-state index contributed by atoms with van der Waals surface area (Å²) >= 11 is 3.19. The van der Waals surface area contributed by atoms with E-state index in [2.05, 4.69) is 33.3 Å². The second-order valence-electron chi connectivity index (χ2n) is 4.62. The van der Waals surface area contributed by atoms with Gasteiger partial charge in [-0.15, -0.1) is 0 Å². The van der Waals surface area contributed by atoms with Crippen LogP contribution in [0.5, 0.6) is 0 Å². The van der Waals surface area contributed by atoms with E-state index in [-0.39, 0.29) is 5.82 Å². The molecule has 5 heteroatoms. The number of nitrogens with one attached hydrogen (secondary N) is 1. The molecule has 0 fully saturated rings. The van der Waals surface area contributed by atoms with Crippen LogP contribution in [0.1, 0.15) is 22.5 Å². The Morgan fingerprint density at radius 3 is 2.63 bits per heavy atom. The summed E-state index contributed by atoms with van der Waals surface area (Å²) in [6, 6.07) is 5.06. The molecule has 0 aliphatic heterocycles. The van der Waals surface area contributed by atoms with E-state index in [9.17, 15) is 4.39 Å². The lowest BCUT2D eigenvalue weighted by atomic mass is 10.2. The molecule has 0 aliphatic carbocycles. The Morgan fingerprint density at radius 1 is 1.32 bits per heavy atom. The fraction of sp³-hybridized carbons (Fsp3) is 0.357. The molecule has 1 N–H and O–H groups in total. The third kappa shape index (κ3) is 3.22. The normalized spacial score (nSPS) is 11.0. The maximum absolute atomic E-state index is 13.1. The highest BCUT2D eigenvalue weighted by molar-refractivity contribution is 9.10. The molecule has 1 heterocycles. The summed E-state index contributed by atoms with van der Waals surface area (Å²) in [5.74, 6) is -0.234. The average molecular weight is 326 g/mol. The molecule has 0 aliphatic rings. The number of benzene rings is 1. The molecular formula is C14H17BrFN3. The van der Waals surface area contributed by atoms with Gasteiger partial charge in [-0.25, -0.2) is 4.39 Å². The van der Waals surface area contributed by atoms with Crippen molar-refractivity contribution in [1.82, 2.24) is 15.1 Å². The zero-order valence-corrected chi connectivity index (χ0v) is 12.9. The van der Waals surface area contributed by atoms with Gasteiger partial charge in [0.05, 0.1) is 10.2 Å². The van der Waals surface area contributed by atoms with Gasteiger partial charge in [-0.2, -0.15) is 5.10 Å². The van der Waals surface area contributed by atoms with Crippen LogP contribution in [-0.2, 0) is 20.1 Å². The molecule has 0 atom stereocenters. The summed E-state index contributed by atoms with van der Waals surface area (Å²) in [4.78, 5) is 0. The van der Waals surface area contributed by atoms with E-state index in [1.54, 1.807) is 12.1 Å². The minimum atomic E-state index is -0.234. The van der Waals surface area contributed by atoms with Crippen molar-refractivity contribution in [3.05, 3.63) is 51.0 Å². The summed E-state index contributed by atoms with van der Waals surface area (Å²) in [6.45, 7) is 5.54. The van der Waals surface area contributed by atoms with E-state index in [0.717, 1.165) is 17.8 Å². The minimum absolute atomic E-state index is 0.234. The highest BCUT2D eigenvalue weighted by Gasteiger charge is 2.08. The van der Waals surface area contributed by atoms with Gasteiger partial charge in [0, 0.05) is 31.4 Å². The van der Waals surface area contributed by atoms with Gasteiger partial charge < -0.3 is 5.32 Å². The Bertz CT molecular complexity index is 593. The van der Waals surface area contributed by atoms with Crippen molar-refractivity contribution < 1.29 is 4.39 Å². The number of hydrogen-bond acceptors (Lipinski definition) is 2. The zero-order chi connectivity index (χ0) is 14.0. The highest BCUT2D eigenvalue weighted by atomic mass is 79.9. The third-order valence-corrected chi connectivity index (χ3v) is 3.88. The predicted octanol–water partition coefficient (Wildman–Crippen LogP) is 3.23. The maximum atomic E-state index is 13.1. The third-order valence-electron chi connectivity index (χ3n) is 3.27. The predicted molar refractivity (Wildman–Crippen MR) is 77.3 cm³/mol. The average Bonchev–Trinajstić information content (AvgIpc) is 2.60. The standard InChI is InChI=1S/C14H17BrFN3/c1-9-12(10(2)19(3)18-9)8-17-7-11-4-5-14(16)13(15)6-11/h4-6,17H,7-8H2,1-3H3. The van der Waals surface area contributed by atoms with E-state index in [1.165, 1.54) is 17.3 Å². The number of nitrogens with zero attached hydrogens (tertiary/aromatic N) is 2. The van der Waals surface area contributed by atoms with E-state index >= 15 is 0 Å². The Morgan fingerprint density at radius 2 is 2.05 bits per heavy atom. The topological polar surface area (TPSA) is 29.9 Å². The van der Waals surface area contributed by atoms with Crippen molar-refractivity contribution in [3.8, 4) is 0 Å². The van der Waals surface area contributed by atoms with Gasteiger partial charge in [-0.3, -0.25) is 4.68 Å². The Kier molecular flexibility index (Phi) is 4.37. The van der Waals surface area contributed by atoms with Crippen LogP contribution in [-0.4, -0.2) is 9.78 Å². The van der Waals surface area contributed by atoms with Crippen molar-refractivity contribution in [2.24, 2.45) is 7.05 Å². The van der Waals surface area contributed by atoms with Crippen LogP contribution in [0.15, 0.2) is 22.7 Å². The van der Waals surface area contributed by atoms with Gasteiger partial charge >= 0.3 is 0 Å². The van der Waals surface area contributed by atoms with Gasteiger partial charge in [0.25, 0.3) is 0 Å². The monoisotopic (exact) mass is 325 g/mol. The molecule has 0 saturated carbocycles. The van der Waals surface area contributed by atoms with Crippen LogP contribution in [0.4, 0.5) is 4.39 Å². The molecule has 3 nitrogen and oxygen atoms in total. The lowest BCUT2D eigenvalue weighted by Gasteiger charge is -2.06. The molecule has 2 rings (SSSR count). The Balaban J connectivity index is 1.98. The number of halogens is 2. The van der Waals surface area contributed by atoms with Crippen molar-refractivity contribution in [2.75, 3.05) is 0 Å². The van der Waals surface area contributed by atoms with Crippen LogP contribution in [0.25, 0.3) is 0 Å². The maximum Gasteiger partial charge on any atom is 0.137 e. The second kappa shape index (κ2) is 5.84. The number of hydrogen-bond donors (Lipinski definition) is 1. The highest BCUT2D eigenvalue weighted by Crippen LogP contribution is 2.17. The molecule has 0 unspecified atom stereocenters. The smallest absolute Gasteiger partial charge is 0.137 e. The summed E-state index contributed by atoms with van der Waals surface area (Å²) in [5, 5.41) is 7.74. The molecule has 0 spiro atoms. The van der Waals surface area contributed by atoms with Crippen LogP contribution < -0.4 is 5.32 Å². The first-order chi connectivity index (χ1) is 8.99. The molecule has 102 valence electrons.